The predicted molar refractivity (Wildman–Crippen MR) is 84.4 cm³/mol. The molecule has 0 unspecified atom stereocenters. The number of carbonyl (C=O) groups excluding carboxylic acids is 2. The Labute approximate surface area is 131 Å². The van der Waals surface area contributed by atoms with Crippen LogP contribution >= 0.6 is 0 Å². The third-order valence-corrected chi connectivity index (χ3v) is 4.69. The zero-order chi connectivity index (χ0) is 15.7. The van der Waals surface area contributed by atoms with E-state index in [1.54, 1.807) is 0 Å². The molecule has 2 saturated heterocycles. The molecule has 0 aliphatic carbocycles. The van der Waals surface area contributed by atoms with Crippen LogP contribution in [0.4, 0.5) is 4.79 Å². The zero-order valence-electron chi connectivity index (χ0n) is 13.2. The van der Waals surface area contributed by atoms with E-state index in [4.69, 9.17) is 0 Å². The fourth-order valence-electron chi connectivity index (χ4n) is 3.20. The Morgan fingerprint density at radius 3 is 2.36 bits per heavy atom. The summed E-state index contributed by atoms with van der Waals surface area (Å²) in [5.74, 6) is 0.399. The normalized spacial score (nSPS) is 20.8. The van der Waals surface area contributed by atoms with Gasteiger partial charge in [0.15, 0.2) is 0 Å². The van der Waals surface area contributed by atoms with Gasteiger partial charge < -0.3 is 10.6 Å². The van der Waals surface area contributed by atoms with Crippen LogP contribution in [0.15, 0.2) is 24.3 Å². The van der Waals surface area contributed by atoms with E-state index >= 15 is 0 Å². The first kappa shape index (κ1) is 15.0. The van der Waals surface area contributed by atoms with E-state index in [9.17, 15) is 9.59 Å². The van der Waals surface area contributed by atoms with Gasteiger partial charge in [-0.2, -0.15) is 0 Å². The lowest BCUT2D eigenvalue weighted by molar-refractivity contribution is -0.132. The number of rotatable bonds is 3. The maximum atomic E-state index is 12.7. The predicted octanol–water partition coefficient (Wildman–Crippen LogP) is 1.98. The average Bonchev–Trinajstić information content (AvgIpc) is 2.73. The average molecular weight is 301 g/mol. The topological polar surface area (TPSA) is 61.4 Å². The third kappa shape index (κ3) is 2.61. The molecule has 2 heterocycles. The molecule has 0 atom stereocenters. The highest BCUT2D eigenvalue weighted by molar-refractivity contribution is 6.07. The summed E-state index contributed by atoms with van der Waals surface area (Å²) in [5, 5.41) is 6.15. The van der Waals surface area contributed by atoms with Crippen LogP contribution in [-0.4, -0.2) is 35.5 Å². The number of nitrogens with zero attached hydrogens (tertiary/aromatic N) is 1. The largest absolute Gasteiger partial charge is 0.325 e. The highest BCUT2D eigenvalue weighted by atomic mass is 16.2. The van der Waals surface area contributed by atoms with Crippen LogP contribution in [0.2, 0.25) is 0 Å². The summed E-state index contributed by atoms with van der Waals surface area (Å²) in [7, 11) is 0. The molecule has 0 aromatic heterocycles. The van der Waals surface area contributed by atoms with Crippen molar-refractivity contribution in [1.29, 1.82) is 0 Å². The summed E-state index contributed by atoms with van der Waals surface area (Å²) in [5.41, 5.74) is 1.56. The van der Waals surface area contributed by atoms with Gasteiger partial charge in [0.25, 0.3) is 5.91 Å². The first-order chi connectivity index (χ1) is 10.5. The molecule has 5 nitrogen and oxygen atoms in total. The minimum atomic E-state index is -0.680. The van der Waals surface area contributed by atoms with Gasteiger partial charge in [-0.3, -0.25) is 9.69 Å². The van der Waals surface area contributed by atoms with Gasteiger partial charge in [0.2, 0.25) is 0 Å². The van der Waals surface area contributed by atoms with Crippen molar-refractivity contribution in [3.05, 3.63) is 35.4 Å². The zero-order valence-corrected chi connectivity index (χ0v) is 13.2. The van der Waals surface area contributed by atoms with Crippen molar-refractivity contribution >= 4 is 11.9 Å². The molecule has 3 amide bonds. The molecule has 0 radical (unpaired) electrons. The van der Waals surface area contributed by atoms with Crippen LogP contribution < -0.4 is 10.6 Å². The van der Waals surface area contributed by atoms with E-state index in [2.05, 4.69) is 36.6 Å². The minimum absolute atomic E-state index is 0.0769. The van der Waals surface area contributed by atoms with Crippen molar-refractivity contribution in [3.8, 4) is 0 Å². The first-order valence-electron chi connectivity index (χ1n) is 7.95. The van der Waals surface area contributed by atoms with Gasteiger partial charge in [-0.15, -0.1) is 0 Å². The molecule has 118 valence electrons. The smallest absolute Gasteiger partial charge is 0.323 e. The fourth-order valence-corrected chi connectivity index (χ4v) is 3.20. The lowest BCUT2D eigenvalue weighted by Crippen LogP contribution is -2.53. The summed E-state index contributed by atoms with van der Waals surface area (Å²) >= 11 is 0. The molecule has 1 spiro atoms. The molecule has 5 heteroatoms. The van der Waals surface area contributed by atoms with E-state index in [1.165, 1.54) is 10.5 Å². The summed E-state index contributed by atoms with van der Waals surface area (Å²) < 4.78 is 0. The van der Waals surface area contributed by atoms with E-state index in [1.807, 2.05) is 12.1 Å². The first-order valence-corrected chi connectivity index (χ1v) is 7.95. The van der Waals surface area contributed by atoms with Crippen molar-refractivity contribution in [2.45, 2.75) is 44.7 Å². The van der Waals surface area contributed by atoms with E-state index in [0.29, 0.717) is 25.3 Å². The molecular formula is C17H23N3O2. The summed E-state index contributed by atoms with van der Waals surface area (Å²) in [6.07, 6.45) is 1.33. The van der Waals surface area contributed by atoms with Gasteiger partial charge in [0.05, 0.1) is 6.54 Å². The molecule has 2 aliphatic heterocycles. The molecule has 1 aromatic rings. The summed E-state index contributed by atoms with van der Waals surface area (Å²) in [4.78, 5) is 26.3. The number of urea groups is 1. The Bertz CT molecular complexity index is 574. The number of amides is 3. The second-order valence-electron chi connectivity index (χ2n) is 6.55. The monoisotopic (exact) mass is 301 g/mol. The molecular weight excluding hydrogens is 278 g/mol. The Balaban J connectivity index is 1.74. The quantitative estimate of drug-likeness (QED) is 0.839. The number of piperidine rings is 1. The van der Waals surface area contributed by atoms with Crippen molar-refractivity contribution in [1.82, 2.24) is 15.5 Å². The fraction of sp³-hybridized carbons (Fsp3) is 0.529. The number of benzene rings is 1. The lowest BCUT2D eigenvalue weighted by atomic mass is 9.88. The molecule has 2 fully saturated rings. The molecule has 0 saturated carbocycles. The summed E-state index contributed by atoms with van der Waals surface area (Å²) in [6.45, 7) is 6.17. The third-order valence-electron chi connectivity index (χ3n) is 4.69. The maximum absolute atomic E-state index is 12.7. The Hall–Kier alpha value is -1.88. The molecule has 0 bridgehead atoms. The number of hydrogen-bond donors (Lipinski definition) is 2. The van der Waals surface area contributed by atoms with Gasteiger partial charge in [-0.05, 0) is 43.0 Å². The highest BCUT2D eigenvalue weighted by Gasteiger charge is 2.51. The highest BCUT2D eigenvalue weighted by Crippen LogP contribution is 2.28. The molecule has 1 aromatic carbocycles. The second-order valence-corrected chi connectivity index (χ2v) is 6.55. The van der Waals surface area contributed by atoms with Gasteiger partial charge in [0.1, 0.15) is 5.54 Å². The van der Waals surface area contributed by atoms with Crippen LogP contribution in [0.5, 0.6) is 0 Å². The van der Waals surface area contributed by atoms with Crippen molar-refractivity contribution in [3.63, 3.8) is 0 Å². The SMILES string of the molecule is CC(C)c1ccc(CN2C(=O)NC3(CCNCC3)C2=O)cc1. The van der Waals surface area contributed by atoms with Crippen molar-refractivity contribution < 1.29 is 9.59 Å². The van der Waals surface area contributed by atoms with E-state index in [-0.39, 0.29) is 11.9 Å². The Morgan fingerprint density at radius 2 is 1.77 bits per heavy atom. The van der Waals surface area contributed by atoms with Gasteiger partial charge in [-0.1, -0.05) is 38.1 Å². The molecule has 2 aliphatic rings. The second kappa shape index (κ2) is 5.72. The minimum Gasteiger partial charge on any atom is -0.323 e. The Kier molecular flexibility index (Phi) is 3.91. The lowest BCUT2D eigenvalue weighted by Gasteiger charge is -2.31. The summed E-state index contributed by atoms with van der Waals surface area (Å²) in [6, 6.07) is 7.88. The number of imide groups is 1. The standard InChI is InChI=1S/C17H23N3O2/c1-12(2)14-5-3-13(4-6-14)11-20-15(21)17(19-16(20)22)7-9-18-10-8-17/h3-6,12,18H,7-11H2,1-2H3,(H,19,22). The van der Waals surface area contributed by atoms with E-state index < -0.39 is 5.54 Å². The van der Waals surface area contributed by atoms with Crippen LogP contribution in [0.3, 0.4) is 0 Å². The number of hydrogen-bond acceptors (Lipinski definition) is 3. The van der Waals surface area contributed by atoms with Gasteiger partial charge in [-0.25, -0.2) is 4.79 Å². The van der Waals surface area contributed by atoms with Crippen molar-refractivity contribution in [2.75, 3.05) is 13.1 Å². The van der Waals surface area contributed by atoms with Crippen molar-refractivity contribution in [2.24, 2.45) is 0 Å². The molecule has 22 heavy (non-hydrogen) atoms. The van der Waals surface area contributed by atoms with Gasteiger partial charge in [0, 0.05) is 0 Å². The molecule has 3 rings (SSSR count). The van der Waals surface area contributed by atoms with Crippen LogP contribution in [0.25, 0.3) is 0 Å². The van der Waals surface area contributed by atoms with Crippen LogP contribution in [0, 0.1) is 0 Å². The van der Waals surface area contributed by atoms with Crippen LogP contribution in [-0.2, 0) is 11.3 Å². The number of carbonyl (C=O) groups is 2. The van der Waals surface area contributed by atoms with E-state index in [0.717, 1.165) is 18.7 Å². The Morgan fingerprint density at radius 1 is 1.14 bits per heavy atom. The molecule has 2 N–H and O–H groups in total. The van der Waals surface area contributed by atoms with Gasteiger partial charge >= 0.3 is 6.03 Å². The maximum Gasteiger partial charge on any atom is 0.325 e. The number of nitrogens with one attached hydrogen (secondary N) is 2. The van der Waals surface area contributed by atoms with Crippen LogP contribution in [0.1, 0.15) is 43.7 Å².